The predicted octanol–water partition coefficient (Wildman–Crippen LogP) is 2.15. The molecule has 1 aromatic heterocycles. The number of hydrogen-bond acceptors (Lipinski definition) is 3. The molecular formula is C11H6FN3. The summed E-state index contributed by atoms with van der Waals surface area (Å²) in [5, 5.41) is 8.58. The first kappa shape index (κ1) is 9.28. The molecule has 3 nitrogen and oxygen atoms in total. The lowest BCUT2D eigenvalue weighted by Crippen LogP contribution is -1.87. The van der Waals surface area contributed by atoms with Gasteiger partial charge < -0.3 is 0 Å². The standard InChI is InChI=1S/C11H6FN3/c12-11-3-8(4-13)1-2-10(11)9-5-14-7-15-6-9/h1-3,5-7H. The summed E-state index contributed by atoms with van der Waals surface area (Å²) in [7, 11) is 0. The molecule has 0 aliphatic carbocycles. The second kappa shape index (κ2) is 3.84. The van der Waals surface area contributed by atoms with E-state index in [1.165, 1.54) is 24.8 Å². The Bertz CT molecular complexity index is 517. The van der Waals surface area contributed by atoms with E-state index >= 15 is 0 Å². The van der Waals surface area contributed by atoms with Crippen LogP contribution in [0.4, 0.5) is 4.39 Å². The Kier molecular flexibility index (Phi) is 2.38. The van der Waals surface area contributed by atoms with Crippen molar-refractivity contribution in [2.75, 3.05) is 0 Å². The van der Waals surface area contributed by atoms with Crippen molar-refractivity contribution in [3.05, 3.63) is 48.3 Å². The zero-order chi connectivity index (χ0) is 10.7. The van der Waals surface area contributed by atoms with Gasteiger partial charge in [-0.05, 0) is 12.1 Å². The third kappa shape index (κ3) is 1.81. The average Bonchev–Trinajstić information content (AvgIpc) is 2.30. The Balaban J connectivity index is 2.52. The normalized spacial score (nSPS) is 9.60. The first-order chi connectivity index (χ1) is 7.31. The highest BCUT2D eigenvalue weighted by Gasteiger charge is 2.05. The molecule has 0 bridgehead atoms. The summed E-state index contributed by atoms with van der Waals surface area (Å²) < 4.78 is 13.5. The largest absolute Gasteiger partial charge is 0.244 e. The number of rotatable bonds is 1. The van der Waals surface area contributed by atoms with Gasteiger partial charge >= 0.3 is 0 Å². The number of hydrogen-bond donors (Lipinski definition) is 0. The second-order valence-electron chi connectivity index (χ2n) is 2.93. The van der Waals surface area contributed by atoms with Crippen LogP contribution in [0.5, 0.6) is 0 Å². The molecule has 0 N–H and O–H groups in total. The van der Waals surface area contributed by atoms with Gasteiger partial charge in [-0.25, -0.2) is 14.4 Å². The lowest BCUT2D eigenvalue weighted by Gasteiger charge is -2.01. The van der Waals surface area contributed by atoms with E-state index in [0.29, 0.717) is 16.7 Å². The molecule has 1 aromatic carbocycles. The third-order valence-electron chi connectivity index (χ3n) is 1.97. The highest BCUT2D eigenvalue weighted by atomic mass is 19.1. The molecule has 0 aliphatic rings. The van der Waals surface area contributed by atoms with Gasteiger partial charge in [0.15, 0.2) is 0 Å². The summed E-state index contributed by atoms with van der Waals surface area (Å²) in [6.45, 7) is 0. The molecule has 0 saturated heterocycles. The van der Waals surface area contributed by atoms with Crippen LogP contribution in [0, 0.1) is 17.1 Å². The smallest absolute Gasteiger partial charge is 0.132 e. The molecule has 72 valence electrons. The third-order valence-corrected chi connectivity index (χ3v) is 1.97. The molecule has 15 heavy (non-hydrogen) atoms. The van der Waals surface area contributed by atoms with Gasteiger partial charge in [0, 0.05) is 23.5 Å². The quantitative estimate of drug-likeness (QED) is 0.707. The van der Waals surface area contributed by atoms with Crippen molar-refractivity contribution in [2.45, 2.75) is 0 Å². The summed E-state index contributed by atoms with van der Waals surface area (Å²) in [6, 6.07) is 6.18. The lowest BCUT2D eigenvalue weighted by atomic mass is 10.1. The van der Waals surface area contributed by atoms with E-state index in [1.54, 1.807) is 12.1 Å². The monoisotopic (exact) mass is 199 g/mol. The van der Waals surface area contributed by atoms with Crippen LogP contribution in [0.3, 0.4) is 0 Å². The van der Waals surface area contributed by atoms with Gasteiger partial charge in [0.1, 0.15) is 12.1 Å². The number of benzene rings is 1. The molecule has 2 aromatic rings. The lowest BCUT2D eigenvalue weighted by molar-refractivity contribution is 0.630. The molecule has 0 spiro atoms. The highest BCUT2D eigenvalue weighted by molar-refractivity contribution is 5.63. The van der Waals surface area contributed by atoms with Crippen molar-refractivity contribution in [3.63, 3.8) is 0 Å². The average molecular weight is 199 g/mol. The van der Waals surface area contributed by atoms with Gasteiger partial charge in [0.05, 0.1) is 11.6 Å². The molecule has 1 heterocycles. The number of aromatic nitrogens is 2. The molecule has 0 radical (unpaired) electrons. The zero-order valence-electron chi connectivity index (χ0n) is 7.68. The second-order valence-corrected chi connectivity index (χ2v) is 2.93. The van der Waals surface area contributed by atoms with E-state index in [0.717, 1.165) is 0 Å². The summed E-state index contributed by atoms with van der Waals surface area (Å²) in [6.07, 6.45) is 4.43. The van der Waals surface area contributed by atoms with Crippen molar-refractivity contribution in [3.8, 4) is 17.2 Å². The fraction of sp³-hybridized carbons (Fsp3) is 0. The van der Waals surface area contributed by atoms with Crippen LogP contribution in [-0.2, 0) is 0 Å². The van der Waals surface area contributed by atoms with Crippen molar-refractivity contribution in [1.82, 2.24) is 9.97 Å². The van der Waals surface area contributed by atoms with E-state index in [2.05, 4.69) is 9.97 Å². The Hall–Kier alpha value is -2.28. The SMILES string of the molecule is N#Cc1ccc(-c2cncnc2)c(F)c1. The van der Waals surface area contributed by atoms with E-state index in [4.69, 9.17) is 5.26 Å². The predicted molar refractivity (Wildman–Crippen MR) is 52.1 cm³/mol. The summed E-state index contributed by atoms with van der Waals surface area (Å²) in [4.78, 5) is 7.60. The van der Waals surface area contributed by atoms with E-state index in [9.17, 15) is 4.39 Å². The van der Waals surface area contributed by atoms with Crippen LogP contribution in [0.15, 0.2) is 36.9 Å². The van der Waals surface area contributed by atoms with Crippen molar-refractivity contribution in [1.29, 1.82) is 5.26 Å². The van der Waals surface area contributed by atoms with Crippen LogP contribution >= 0.6 is 0 Å². The van der Waals surface area contributed by atoms with Crippen molar-refractivity contribution >= 4 is 0 Å². The van der Waals surface area contributed by atoms with E-state index < -0.39 is 5.82 Å². The summed E-state index contributed by atoms with van der Waals surface area (Å²) in [5.41, 5.74) is 1.29. The molecule has 0 unspecified atom stereocenters. The molecule has 0 saturated carbocycles. The Morgan fingerprint density at radius 1 is 1.20 bits per heavy atom. The first-order valence-electron chi connectivity index (χ1n) is 4.26. The maximum Gasteiger partial charge on any atom is 0.132 e. The highest BCUT2D eigenvalue weighted by Crippen LogP contribution is 2.21. The van der Waals surface area contributed by atoms with Gasteiger partial charge in [-0.2, -0.15) is 5.26 Å². The van der Waals surface area contributed by atoms with Gasteiger partial charge in [0.25, 0.3) is 0 Å². The van der Waals surface area contributed by atoms with Crippen molar-refractivity contribution in [2.24, 2.45) is 0 Å². The Labute approximate surface area is 85.9 Å². The van der Waals surface area contributed by atoms with Gasteiger partial charge in [-0.3, -0.25) is 0 Å². The topological polar surface area (TPSA) is 49.6 Å². The fourth-order valence-corrected chi connectivity index (χ4v) is 1.26. The van der Waals surface area contributed by atoms with Crippen molar-refractivity contribution < 1.29 is 4.39 Å². The molecule has 4 heteroatoms. The summed E-state index contributed by atoms with van der Waals surface area (Å²) in [5.74, 6) is -0.441. The number of nitrogens with zero attached hydrogens (tertiary/aromatic N) is 3. The molecule has 0 amide bonds. The first-order valence-corrected chi connectivity index (χ1v) is 4.26. The molecule has 2 rings (SSSR count). The van der Waals surface area contributed by atoms with E-state index in [1.807, 2.05) is 6.07 Å². The minimum atomic E-state index is -0.441. The molecule has 0 atom stereocenters. The van der Waals surface area contributed by atoms with E-state index in [-0.39, 0.29) is 0 Å². The number of nitriles is 1. The Morgan fingerprint density at radius 2 is 1.93 bits per heavy atom. The zero-order valence-corrected chi connectivity index (χ0v) is 7.68. The van der Waals surface area contributed by atoms with Gasteiger partial charge in [-0.15, -0.1) is 0 Å². The van der Waals surface area contributed by atoms with Crippen LogP contribution in [0.1, 0.15) is 5.56 Å². The molecule has 0 fully saturated rings. The van der Waals surface area contributed by atoms with Crippen LogP contribution < -0.4 is 0 Å². The summed E-state index contributed by atoms with van der Waals surface area (Å²) >= 11 is 0. The molecule has 0 aliphatic heterocycles. The Morgan fingerprint density at radius 3 is 2.53 bits per heavy atom. The van der Waals surface area contributed by atoms with Crippen LogP contribution in [-0.4, -0.2) is 9.97 Å². The van der Waals surface area contributed by atoms with Gasteiger partial charge in [-0.1, -0.05) is 6.07 Å². The fourth-order valence-electron chi connectivity index (χ4n) is 1.26. The minimum Gasteiger partial charge on any atom is -0.244 e. The maximum atomic E-state index is 13.5. The number of halogens is 1. The van der Waals surface area contributed by atoms with Gasteiger partial charge in [0.2, 0.25) is 0 Å². The van der Waals surface area contributed by atoms with Crippen LogP contribution in [0.2, 0.25) is 0 Å². The maximum absolute atomic E-state index is 13.5. The minimum absolute atomic E-state index is 0.299. The molecular weight excluding hydrogens is 193 g/mol. The van der Waals surface area contributed by atoms with Crippen LogP contribution in [0.25, 0.3) is 11.1 Å².